The van der Waals surface area contributed by atoms with Gasteiger partial charge in [0, 0.05) is 0 Å². The number of nitrogens with one attached hydrogen (secondary N) is 1. The van der Waals surface area contributed by atoms with Crippen molar-refractivity contribution in [1.82, 2.24) is 5.32 Å². The smallest absolute Gasteiger partial charge is 0.249 e. The molecule has 0 aromatic carbocycles. The number of hydrogen-bond donors (Lipinski definition) is 3. The van der Waals surface area contributed by atoms with Crippen LogP contribution in [0.15, 0.2) is 0 Å². The van der Waals surface area contributed by atoms with Gasteiger partial charge in [-0.1, -0.05) is 27.7 Å². The quantitative estimate of drug-likeness (QED) is 0.605. The molecular weight excluding hydrogens is 220 g/mol. The van der Waals surface area contributed by atoms with Gasteiger partial charge in [-0.2, -0.15) is 0 Å². The Morgan fingerprint density at radius 1 is 1.12 bits per heavy atom. The maximum atomic E-state index is 11.6. The van der Waals surface area contributed by atoms with Gasteiger partial charge in [0.2, 0.25) is 11.8 Å². The van der Waals surface area contributed by atoms with Gasteiger partial charge in [-0.3, -0.25) is 9.59 Å². The molecule has 5 heteroatoms. The number of rotatable bonds is 7. The average molecular weight is 244 g/mol. The molecule has 100 valence electrons. The van der Waals surface area contributed by atoms with Crippen molar-refractivity contribution in [3.05, 3.63) is 0 Å². The molecule has 0 aromatic heterocycles. The minimum Gasteiger partial charge on any atom is -0.383 e. The van der Waals surface area contributed by atoms with E-state index in [-0.39, 0.29) is 11.8 Å². The number of aliphatic hydroxyl groups is 1. The first kappa shape index (κ1) is 15.9. The molecule has 0 aliphatic carbocycles. The van der Waals surface area contributed by atoms with Gasteiger partial charge in [-0.05, 0) is 24.7 Å². The monoisotopic (exact) mass is 244 g/mol. The first-order valence-electron chi connectivity index (χ1n) is 6.01. The molecule has 2 amide bonds. The number of carbonyl (C=O) groups excluding carboxylic acids is 2. The van der Waals surface area contributed by atoms with Crippen molar-refractivity contribution in [2.45, 2.75) is 52.7 Å². The van der Waals surface area contributed by atoms with E-state index in [1.165, 1.54) is 0 Å². The predicted octanol–water partition coefficient (Wildman–Crippen LogP) is 0.410. The van der Waals surface area contributed by atoms with Crippen LogP contribution in [0, 0.1) is 11.8 Å². The number of amides is 2. The number of carbonyl (C=O) groups is 2. The predicted molar refractivity (Wildman–Crippen MR) is 66.0 cm³/mol. The molecule has 2 atom stereocenters. The second kappa shape index (κ2) is 7.27. The molecule has 0 saturated carbocycles. The number of hydrogen-bond acceptors (Lipinski definition) is 3. The van der Waals surface area contributed by atoms with E-state index in [4.69, 9.17) is 5.73 Å². The summed E-state index contributed by atoms with van der Waals surface area (Å²) < 4.78 is 0. The summed E-state index contributed by atoms with van der Waals surface area (Å²) in [7, 11) is 0. The molecule has 0 radical (unpaired) electrons. The fourth-order valence-electron chi connectivity index (χ4n) is 1.54. The fraction of sp³-hybridized carbons (Fsp3) is 0.833. The van der Waals surface area contributed by atoms with Crippen molar-refractivity contribution in [3.63, 3.8) is 0 Å². The molecule has 5 nitrogen and oxygen atoms in total. The molecule has 0 unspecified atom stereocenters. The van der Waals surface area contributed by atoms with Gasteiger partial charge in [-0.15, -0.1) is 0 Å². The maximum absolute atomic E-state index is 11.6. The fourth-order valence-corrected chi connectivity index (χ4v) is 1.54. The first-order valence-corrected chi connectivity index (χ1v) is 6.01. The zero-order valence-corrected chi connectivity index (χ0v) is 11.1. The minimum atomic E-state index is -1.08. The van der Waals surface area contributed by atoms with Crippen LogP contribution in [0.25, 0.3) is 0 Å². The van der Waals surface area contributed by atoms with Crippen LogP contribution in [0.3, 0.4) is 0 Å². The van der Waals surface area contributed by atoms with Crippen LogP contribution in [0.2, 0.25) is 0 Å². The summed E-state index contributed by atoms with van der Waals surface area (Å²) in [6.45, 7) is 7.70. The van der Waals surface area contributed by atoms with Crippen molar-refractivity contribution in [3.8, 4) is 0 Å². The van der Waals surface area contributed by atoms with E-state index in [2.05, 4.69) is 5.32 Å². The SMILES string of the molecule is CC(C)C[C@H](O)C(=O)N[C@H](CC(C)C)C(N)=O. The first-order chi connectivity index (χ1) is 7.73. The van der Waals surface area contributed by atoms with E-state index in [1.807, 2.05) is 27.7 Å². The molecule has 0 saturated heterocycles. The molecule has 17 heavy (non-hydrogen) atoms. The molecule has 0 spiro atoms. The summed E-state index contributed by atoms with van der Waals surface area (Å²) in [4.78, 5) is 22.7. The zero-order chi connectivity index (χ0) is 13.6. The lowest BCUT2D eigenvalue weighted by atomic mass is 10.0. The highest BCUT2D eigenvalue weighted by Gasteiger charge is 2.23. The summed E-state index contributed by atoms with van der Waals surface area (Å²) >= 11 is 0. The third kappa shape index (κ3) is 6.94. The van der Waals surface area contributed by atoms with E-state index in [0.717, 1.165) is 0 Å². The van der Waals surface area contributed by atoms with Crippen LogP contribution < -0.4 is 11.1 Å². The normalized spacial score (nSPS) is 14.8. The maximum Gasteiger partial charge on any atom is 0.249 e. The molecule has 0 aliphatic heterocycles. The topological polar surface area (TPSA) is 92.4 Å². The number of primary amides is 1. The molecule has 0 bridgehead atoms. The van der Waals surface area contributed by atoms with Gasteiger partial charge < -0.3 is 16.2 Å². The van der Waals surface area contributed by atoms with E-state index in [1.54, 1.807) is 0 Å². The van der Waals surface area contributed by atoms with E-state index >= 15 is 0 Å². The van der Waals surface area contributed by atoms with Crippen LogP contribution in [-0.4, -0.2) is 29.1 Å². The van der Waals surface area contributed by atoms with Crippen molar-refractivity contribution in [2.75, 3.05) is 0 Å². The van der Waals surface area contributed by atoms with E-state index in [9.17, 15) is 14.7 Å². The Morgan fingerprint density at radius 2 is 1.59 bits per heavy atom. The minimum absolute atomic E-state index is 0.216. The Balaban J connectivity index is 4.35. The Morgan fingerprint density at radius 3 is 1.94 bits per heavy atom. The average Bonchev–Trinajstić information content (AvgIpc) is 2.14. The highest BCUT2D eigenvalue weighted by atomic mass is 16.3. The molecule has 0 rings (SSSR count). The Labute approximate surface area is 103 Å². The third-order valence-electron chi connectivity index (χ3n) is 2.36. The van der Waals surface area contributed by atoms with Crippen molar-refractivity contribution in [2.24, 2.45) is 17.6 Å². The lowest BCUT2D eigenvalue weighted by Gasteiger charge is -2.20. The van der Waals surface area contributed by atoms with E-state index < -0.39 is 24.0 Å². The lowest BCUT2D eigenvalue weighted by molar-refractivity contribution is -0.134. The van der Waals surface area contributed by atoms with E-state index in [0.29, 0.717) is 12.8 Å². The van der Waals surface area contributed by atoms with Gasteiger partial charge >= 0.3 is 0 Å². The van der Waals surface area contributed by atoms with Gasteiger partial charge in [-0.25, -0.2) is 0 Å². The second-order valence-corrected chi connectivity index (χ2v) is 5.24. The molecule has 0 aromatic rings. The molecule has 0 heterocycles. The van der Waals surface area contributed by atoms with Gasteiger partial charge in [0.25, 0.3) is 0 Å². The van der Waals surface area contributed by atoms with Crippen LogP contribution in [0.1, 0.15) is 40.5 Å². The Hall–Kier alpha value is -1.10. The number of aliphatic hydroxyl groups excluding tert-OH is 1. The van der Waals surface area contributed by atoms with Crippen molar-refractivity contribution < 1.29 is 14.7 Å². The standard InChI is InChI=1S/C12H24N2O3/c1-7(2)5-9(11(13)16)14-12(17)10(15)6-8(3)4/h7-10,15H,5-6H2,1-4H3,(H2,13,16)(H,14,17)/t9-,10+/m1/s1. The second-order valence-electron chi connectivity index (χ2n) is 5.24. The van der Waals surface area contributed by atoms with Crippen LogP contribution in [0.5, 0.6) is 0 Å². The summed E-state index contributed by atoms with van der Waals surface area (Å²) in [5.74, 6) is -0.630. The molecule has 4 N–H and O–H groups in total. The molecular formula is C12H24N2O3. The number of nitrogens with two attached hydrogens (primary N) is 1. The summed E-state index contributed by atoms with van der Waals surface area (Å²) in [6.07, 6.45) is -0.224. The Kier molecular flexibility index (Phi) is 6.80. The summed E-state index contributed by atoms with van der Waals surface area (Å²) in [5, 5.41) is 12.1. The zero-order valence-electron chi connectivity index (χ0n) is 11.1. The van der Waals surface area contributed by atoms with Crippen LogP contribution in [-0.2, 0) is 9.59 Å². The summed E-state index contributed by atoms with van der Waals surface area (Å²) in [6, 6.07) is -0.704. The Bertz CT molecular complexity index is 264. The van der Waals surface area contributed by atoms with Crippen molar-refractivity contribution >= 4 is 11.8 Å². The largest absolute Gasteiger partial charge is 0.383 e. The highest BCUT2D eigenvalue weighted by molar-refractivity contribution is 5.88. The summed E-state index contributed by atoms with van der Waals surface area (Å²) in [5.41, 5.74) is 5.20. The lowest BCUT2D eigenvalue weighted by Crippen LogP contribution is -2.48. The highest BCUT2D eigenvalue weighted by Crippen LogP contribution is 2.07. The third-order valence-corrected chi connectivity index (χ3v) is 2.36. The molecule has 0 aliphatic rings. The molecule has 0 fully saturated rings. The van der Waals surface area contributed by atoms with Gasteiger partial charge in [0.15, 0.2) is 0 Å². The van der Waals surface area contributed by atoms with Crippen LogP contribution >= 0.6 is 0 Å². The van der Waals surface area contributed by atoms with Crippen molar-refractivity contribution in [1.29, 1.82) is 0 Å². The van der Waals surface area contributed by atoms with Crippen LogP contribution in [0.4, 0.5) is 0 Å². The van der Waals surface area contributed by atoms with Gasteiger partial charge in [0.05, 0.1) is 0 Å². The van der Waals surface area contributed by atoms with Gasteiger partial charge in [0.1, 0.15) is 12.1 Å².